The number of hydrogen-bond acceptors (Lipinski definition) is 5. The highest BCUT2D eigenvalue weighted by molar-refractivity contribution is 8.26. The Labute approximate surface area is 223 Å². The van der Waals surface area contributed by atoms with Crippen LogP contribution in [0.5, 0.6) is 5.75 Å². The Morgan fingerprint density at radius 2 is 1.81 bits per heavy atom. The number of amides is 1. The summed E-state index contributed by atoms with van der Waals surface area (Å²) in [5, 5.41) is 4.91. The van der Waals surface area contributed by atoms with Gasteiger partial charge in [-0.3, -0.25) is 9.69 Å². The molecule has 1 saturated heterocycles. The summed E-state index contributed by atoms with van der Waals surface area (Å²) in [6.45, 7) is 5.69. The van der Waals surface area contributed by atoms with Gasteiger partial charge in [0.2, 0.25) is 0 Å². The number of unbranched alkanes of at least 4 members (excludes halogenated alkanes) is 4. The topological polar surface area (TPSA) is 47.4 Å². The lowest BCUT2D eigenvalue weighted by Crippen LogP contribution is -2.29. The van der Waals surface area contributed by atoms with Gasteiger partial charge in [-0.1, -0.05) is 93.8 Å². The average molecular weight is 520 g/mol. The molecule has 2 heterocycles. The van der Waals surface area contributed by atoms with Gasteiger partial charge in [0, 0.05) is 23.9 Å². The number of carbonyl (C=O) groups excluding carboxylic acids is 1. The van der Waals surface area contributed by atoms with Crippen LogP contribution in [-0.2, 0) is 4.79 Å². The third-order valence-electron chi connectivity index (χ3n) is 6.03. The molecule has 1 aliphatic rings. The maximum absolute atomic E-state index is 13.2. The van der Waals surface area contributed by atoms with Gasteiger partial charge < -0.3 is 4.74 Å². The van der Waals surface area contributed by atoms with Crippen LogP contribution < -0.4 is 4.74 Å². The molecule has 5 nitrogen and oxygen atoms in total. The second-order valence-corrected chi connectivity index (χ2v) is 10.5. The molecule has 0 aliphatic carbocycles. The van der Waals surface area contributed by atoms with Gasteiger partial charge in [-0.25, -0.2) is 4.68 Å². The highest BCUT2D eigenvalue weighted by Gasteiger charge is 2.32. The number of hydrogen-bond donors (Lipinski definition) is 0. The van der Waals surface area contributed by atoms with E-state index >= 15 is 0 Å². The molecule has 2 aromatic carbocycles. The maximum Gasteiger partial charge on any atom is 0.266 e. The fourth-order valence-corrected chi connectivity index (χ4v) is 5.33. The molecule has 188 valence electrons. The molecule has 4 rings (SSSR count). The smallest absolute Gasteiger partial charge is 0.266 e. The van der Waals surface area contributed by atoms with Crippen molar-refractivity contribution < 1.29 is 9.53 Å². The number of nitrogens with zero attached hydrogens (tertiary/aromatic N) is 3. The molecule has 3 aromatic rings. The Kier molecular flexibility index (Phi) is 9.36. The van der Waals surface area contributed by atoms with Gasteiger partial charge in [0.25, 0.3) is 5.91 Å². The quantitative estimate of drug-likeness (QED) is 0.141. The predicted molar refractivity (Wildman–Crippen MR) is 153 cm³/mol. The number of carbonyl (C=O) groups is 1. The Bertz CT molecular complexity index is 1220. The fraction of sp³-hybridized carbons (Fsp3) is 0.345. The van der Waals surface area contributed by atoms with Crippen LogP contribution in [0.15, 0.2) is 65.7 Å². The molecule has 0 spiro atoms. The Hall–Kier alpha value is -2.90. The minimum atomic E-state index is -0.0171. The third kappa shape index (κ3) is 6.45. The lowest BCUT2D eigenvalue weighted by atomic mass is 10.1. The molecular formula is C29H33N3O2S2. The number of benzene rings is 2. The highest BCUT2D eigenvalue weighted by atomic mass is 32.2. The first-order valence-corrected chi connectivity index (χ1v) is 14.0. The largest absolute Gasteiger partial charge is 0.494 e. The number of rotatable bonds is 12. The zero-order valence-electron chi connectivity index (χ0n) is 21.0. The van der Waals surface area contributed by atoms with Crippen LogP contribution in [0.2, 0.25) is 0 Å². The van der Waals surface area contributed by atoms with Crippen LogP contribution in [0.1, 0.15) is 57.9 Å². The summed E-state index contributed by atoms with van der Waals surface area (Å²) >= 11 is 6.93. The van der Waals surface area contributed by atoms with Crippen molar-refractivity contribution in [2.45, 2.75) is 52.4 Å². The molecule has 0 radical (unpaired) electrons. The van der Waals surface area contributed by atoms with Gasteiger partial charge in [-0.15, -0.1) is 0 Å². The molecule has 1 aliphatic heterocycles. The van der Waals surface area contributed by atoms with Crippen molar-refractivity contribution in [3.63, 3.8) is 0 Å². The molecule has 0 atom stereocenters. The normalized spacial score (nSPS) is 14.7. The summed E-state index contributed by atoms with van der Waals surface area (Å²) in [5.74, 6) is 0.802. The minimum absolute atomic E-state index is 0.0171. The van der Waals surface area contributed by atoms with Gasteiger partial charge in [-0.2, -0.15) is 5.10 Å². The molecule has 1 aromatic heterocycles. The van der Waals surface area contributed by atoms with Crippen molar-refractivity contribution in [1.29, 1.82) is 0 Å². The molecular weight excluding hydrogens is 486 g/mol. The molecule has 36 heavy (non-hydrogen) atoms. The highest BCUT2D eigenvalue weighted by Crippen LogP contribution is 2.35. The van der Waals surface area contributed by atoms with E-state index in [1.807, 2.05) is 71.6 Å². The Morgan fingerprint density at radius 3 is 2.58 bits per heavy atom. The van der Waals surface area contributed by atoms with Crippen molar-refractivity contribution in [3.05, 3.63) is 71.3 Å². The number of thioether (sulfide) groups is 1. The van der Waals surface area contributed by atoms with Crippen molar-refractivity contribution in [1.82, 2.24) is 14.7 Å². The SMILES string of the molecule is CCCCCCN1C(=O)C(=Cc2cn(-c3ccccc3)nc2-c2cccc(OCCCC)c2)SC1=S. The van der Waals surface area contributed by atoms with Crippen LogP contribution in [0.3, 0.4) is 0 Å². The molecule has 0 bridgehead atoms. The summed E-state index contributed by atoms with van der Waals surface area (Å²) in [4.78, 5) is 15.6. The van der Waals surface area contributed by atoms with E-state index in [9.17, 15) is 4.79 Å². The van der Waals surface area contributed by atoms with E-state index in [2.05, 4.69) is 13.8 Å². The van der Waals surface area contributed by atoms with Crippen LogP contribution in [-0.4, -0.2) is 38.1 Å². The molecule has 0 unspecified atom stereocenters. The van der Waals surface area contributed by atoms with E-state index in [0.29, 0.717) is 22.4 Å². The van der Waals surface area contributed by atoms with E-state index in [0.717, 1.165) is 60.4 Å². The van der Waals surface area contributed by atoms with Crippen LogP contribution in [0.4, 0.5) is 0 Å². The zero-order chi connectivity index (χ0) is 25.3. The van der Waals surface area contributed by atoms with Gasteiger partial charge in [0.1, 0.15) is 15.8 Å². The minimum Gasteiger partial charge on any atom is -0.494 e. The molecule has 1 fully saturated rings. The average Bonchev–Trinajstić information content (AvgIpc) is 3.43. The monoisotopic (exact) mass is 519 g/mol. The van der Waals surface area contributed by atoms with Gasteiger partial charge >= 0.3 is 0 Å². The van der Waals surface area contributed by atoms with Crippen molar-refractivity contribution >= 4 is 40.3 Å². The first-order chi connectivity index (χ1) is 17.6. The summed E-state index contributed by atoms with van der Waals surface area (Å²) in [7, 11) is 0. The molecule has 0 saturated carbocycles. The van der Waals surface area contributed by atoms with Crippen LogP contribution >= 0.6 is 24.0 Å². The number of aromatic nitrogens is 2. The standard InChI is InChI=1S/C29H33N3O2S2/c1-3-5-7-11-17-31-28(33)26(36-29(31)35)20-23-21-32(24-14-9-8-10-15-24)30-27(23)22-13-12-16-25(19-22)34-18-6-4-2/h8-10,12-16,19-21H,3-7,11,17-18H2,1-2H3. The second-order valence-electron chi connectivity index (χ2n) is 8.84. The van der Waals surface area contributed by atoms with E-state index in [1.165, 1.54) is 18.2 Å². The zero-order valence-corrected chi connectivity index (χ0v) is 22.6. The number of para-hydroxylation sites is 1. The number of thiocarbonyl (C=S) groups is 1. The lowest BCUT2D eigenvalue weighted by Gasteiger charge is -2.13. The molecule has 0 N–H and O–H groups in total. The van der Waals surface area contributed by atoms with E-state index < -0.39 is 0 Å². The number of ether oxygens (including phenoxy) is 1. The van der Waals surface area contributed by atoms with Gasteiger partial charge in [-0.05, 0) is 43.2 Å². The van der Waals surface area contributed by atoms with Crippen molar-refractivity contribution in [3.8, 4) is 22.7 Å². The van der Waals surface area contributed by atoms with Gasteiger partial charge in [0.05, 0.1) is 17.2 Å². The van der Waals surface area contributed by atoms with E-state index in [1.54, 1.807) is 4.90 Å². The lowest BCUT2D eigenvalue weighted by molar-refractivity contribution is -0.122. The summed E-state index contributed by atoms with van der Waals surface area (Å²) < 4.78 is 8.43. The third-order valence-corrected chi connectivity index (χ3v) is 7.41. The van der Waals surface area contributed by atoms with Crippen molar-refractivity contribution in [2.75, 3.05) is 13.2 Å². The summed E-state index contributed by atoms with van der Waals surface area (Å²) in [5.41, 5.74) is 3.57. The van der Waals surface area contributed by atoms with Crippen molar-refractivity contribution in [2.24, 2.45) is 0 Å². The summed E-state index contributed by atoms with van der Waals surface area (Å²) in [6, 6.07) is 18.0. The second kappa shape index (κ2) is 12.9. The molecule has 7 heteroatoms. The Balaban J connectivity index is 1.66. The van der Waals surface area contributed by atoms with E-state index in [-0.39, 0.29) is 5.91 Å². The molecule has 1 amide bonds. The first-order valence-electron chi connectivity index (χ1n) is 12.7. The fourth-order valence-electron chi connectivity index (χ4n) is 4.03. The predicted octanol–water partition coefficient (Wildman–Crippen LogP) is 7.50. The first kappa shape index (κ1) is 26.2. The maximum atomic E-state index is 13.2. The van der Waals surface area contributed by atoms with Crippen LogP contribution in [0.25, 0.3) is 23.0 Å². The Morgan fingerprint density at radius 1 is 1.00 bits per heavy atom. The van der Waals surface area contributed by atoms with E-state index in [4.69, 9.17) is 22.1 Å². The summed E-state index contributed by atoms with van der Waals surface area (Å²) in [6.07, 6.45) is 10.4. The van der Waals surface area contributed by atoms with Crippen LogP contribution in [0, 0.1) is 0 Å². The van der Waals surface area contributed by atoms with Gasteiger partial charge in [0.15, 0.2) is 0 Å².